The van der Waals surface area contributed by atoms with Gasteiger partial charge in [-0.1, -0.05) is 42.5 Å². The zero-order valence-corrected chi connectivity index (χ0v) is 13.5. The number of rotatable bonds is 6. The lowest BCUT2D eigenvalue weighted by Gasteiger charge is -2.06. The third-order valence-corrected chi connectivity index (χ3v) is 3.41. The molecule has 0 unspecified atom stereocenters. The van der Waals surface area contributed by atoms with Gasteiger partial charge in [-0.2, -0.15) is 5.10 Å². The first-order valence-electron chi connectivity index (χ1n) is 7.81. The molecule has 0 aliphatic rings. The van der Waals surface area contributed by atoms with Gasteiger partial charge in [-0.05, 0) is 35.4 Å². The summed E-state index contributed by atoms with van der Waals surface area (Å²) in [7, 11) is 0. The van der Waals surface area contributed by atoms with E-state index >= 15 is 0 Å². The number of aromatic nitrogens is 1. The first-order valence-corrected chi connectivity index (χ1v) is 7.81. The molecule has 0 fully saturated rings. The molecule has 0 aliphatic heterocycles. The summed E-state index contributed by atoms with van der Waals surface area (Å²) in [6.07, 6.45) is 4.67. The van der Waals surface area contributed by atoms with Crippen LogP contribution in [0.2, 0.25) is 0 Å². The van der Waals surface area contributed by atoms with Crippen molar-refractivity contribution in [3.8, 4) is 5.75 Å². The SMILES string of the molecule is O=C(N/N=C\c1cccc(OCc2ccccc2)c1)c1cccnc1. The van der Waals surface area contributed by atoms with Gasteiger partial charge in [0.05, 0.1) is 11.8 Å². The molecule has 0 spiro atoms. The summed E-state index contributed by atoms with van der Waals surface area (Å²) in [6.45, 7) is 0.499. The van der Waals surface area contributed by atoms with Gasteiger partial charge in [0.1, 0.15) is 12.4 Å². The van der Waals surface area contributed by atoms with Gasteiger partial charge < -0.3 is 4.74 Å². The van der Waals surface area contributed by atoms with Gasteiger partial charge in [0.2, 0.25) is 0 Å². The largest absolute Gasteiger partial charge is 0.489 e. The van der Waals surface area contributed by atoms with Crippen LogP contribution >= 0.6 is 0 Å². The number of nitrogens with one attached hydrogen (secondary N) is 1. The third kappa shape index (κ3) is 5.00. The van der Waals surface area contributed by atoms with E-state index < -0.39 is 0 Å². The normalized spacial score (nSPS) is 10.6. The smallest absolute Gasteiger partial charge is 0.272 e. The van der Waals surface area contributed by atoms with E-state index in [1.807, 2.05) is 54.6 Å². The molecule has 124 valence electrons. The van der Waals surface area contributed by atoms with Crippen LogP contribution in [0.15, 0.2) is 84.2 Å². The molecule has 0 radical (unpaired) electrons. The summed E-state index contributed by atoms with van der Waals surface area (Å²) in [6, 6.07) is 20.8. The van der Waals surface area contributed by atoms with Crippen molar-refractivity contribution < 1.29 is 9.53 Å². The lowest BCUT2D eigenvalue weighted by atomic mass is 10.2. The average molecular weight is 331 g/mol. The molecule has 0 saturated carbocycles. The highest BCUT2D eigenvalue weighted by Gasteiger charge is 2.02. The molecule has 2 aromatic carbocycles. The Bertz CT molecular complexity index is 849. The fraction of sp³-hybridized carbons (Fsp3) is 0.0500. The molecule has 0 bridgehead atoms. The number of hydrogen-bond donors (Lipinski definition) is 1. The Morgan fingerprint density at radius 2 is 1.96 bits per heavy atom. The van der Waals surface area contributed by atoms with Gasteiger partial charge in [-0.15, -0.1) is 0 Å². The summed E-state index contributed by atoms with van der Waals surface area (Å²) >= 11 is 0. The molecule has 0 aliphatic carbocycles. The number of hydrazone groups is 1. The lowest BCUT2D eigenvalue weighted by Crippen LogP contribution is -2.17. The fourth-order valence-electron chi connectivity index (χ4n) is 2.15. The van der Waals surface area contributed by atoms with Gasteiger partial charge in [0.15, 0.2) is 0 Å². The number of carbonyl (C=O) groups is 1. The fourth-order valence-corrected chi connectivity index (χ4v) is 2.15. The molecule has 0 atom stereocenters. The maximum Gasteiger partial charge on any atom is 0.272 e. The topological polar surface area (TPSA) is 63.6 Å². The van der Waals surface area contributed by atoms with E-state index in [4.69, 9.17) is 4.74 Å². The maximum absolute atomic E-state index is 11.9. The monoisotopic (exact) mass is 331 g/mol. The molecule has 5 heteroatoms. The number of ether oxygens (including phenoxy) is 1. The van der Waals surface area contributed by atoms with Crippen molar-refractivity contribution in [3.05, 3.63) is 95.8 Å². The minimum atomic E-state index is -0.305. The Hall–Kier alpha value is -3.47. The van der Waals surface area contributed by atoms with Crippen LogP contribution in [-0.2, 0) is 6.61 Å². The van der Waals surface area contributed by atoms with Crippen LogP contribution in [-0.4, -0.2) is 17.1 Å². The van der Waals surface area contributed by atoms with Gasteiger partial charge in [-0.25, -0.2) is 5.43 Å². The van der Waals surface area contributed by atoms with E-state index in [9.17, 15) is 4.79 Å². The van der Waals surface area contributed by atoms with Crippen molar-refractivity contribution in [2.45, 2.75) is 6.61 Å². The van der Waals surface area contributed by atoms with E-state index in [-0.39, 0.29) is 5.91 Å². The number of carbonyl (C=O) groups excluding carboxylic acids is 1. The quantitative estimate of drug-likeness (QED) is 0.556. The first kappa shape index (κ1) is 16.4. The van der Waals surface area contributed by atoms with Crippen LogP contribution in [0.1, 0.15) is 21.5 Å². The predicted molar refractivity (Wildman–Crippen MR) is 96.5 cm³/mol. The van der Waals surface area contributed by atoms with E-state index in [1.165, 1.54) is 6.20 Å². The lowest BCUT2D eigenvalue weighted by molar-refractivity contribution is 0.0955. The Kier molecular flexibility index (Phi) is 5.51. The van der Waals surface area contributed by atoms with Crippen LogP contribution in [0.5, 0.6) is 5.75 Å². The number of pyridine rings is 1. The van der Waals surface area contributed by atoms with Crippen molar-refractivity contribution in [3.63, 3.8) is 0 Å². The summed E-state index contributed by atoms with van der Waals surface area (Å²) in [4.78, 5) is 15.8. The predicted octanol–water partition coefficient (Wildman–Crippen LogP) is 3.42. The highest BCUT2D eigenvalue weighted by atomic mass is 16.5. The van der Waals surface area contributed by atoms with Crippen LogP contribution in [0, 0.1) is 0 Å². The third-order valence-electron chi connectivity index (χ3n) is 3.41. The van der Waals surface area contributed by atoms with E-state index in [0.29, 0.717) is 12.2 Å². The summed E-state index contributed by atoms with van der Waals surface area (Å²) in [5, 5.41) is 3.97. The summed E-state index contributed by atoms with van der Waals surface area (Å²) in [5.74, 6) is 0.437. The van der Waals surface area contributed by atoms with E-state index in [2.05, 4.69) is 15.5 Å². The maximum atomic E-state index is 11.9. The second kappa shape index (κ2) is 8.40. The van der Waals surface area contributed by atoms with Crippen molar-refractivity contribution in [1.82, 2.24) is 10.4 Å². The zero-order valence-electron chi connectivity index (χ0n) is 13.5. The zero-order chi connectivity index (χ0) is 17.3. The molecule has 1 heterocycles. The second-order valence-corrected chi connectivity index (χ2v) is 5.29. The Morgan fingerprint density at radius 3 is 2.76 bits per heavy atom. The van der Waals surface area contributed by atoms with Crippen LogP contribution in [0.4, 0.5) is 0 Å². The first-order chi connectivity index (χ1) is 12.3. The van der Waals surface area contributed by atoms with Gasteiger partial charge in [0.25, 0.3) is 5.91 Å². The molecule has 3 aromatic rings. The highest BCUT2D eigenvalue weighted by Crippen LogP contribution is 2.14. The Morgan fingerprint density at radius 1 is 1.08 bits per heavy atom. The van der Waals surface area contributed by atoms with Crippen molar-refractivity contribution in [2.24, 2.45) is 5.10 Å². The van der Waals surface area contributed by atoms with Crippen molar-refractivity contribution in [1.29, 1.82) is 0 Å². The highest BCUT2D eigenvalue weighted by molar-refractivity contribution is 5.94. The second-order valence-electron chi connectivity index (χ2n) is 5.29. The number of amides is 1. The molecule has 1 N–H and O–H groups in total. The van der Waals surface area contributed by atoms with Crippen LogP contribution < -0.4 is 10.2 Å². The minimum absolute atomic E-state index is 0.305. The molecule has 3 rings (SSSR count). The molecule has 5 nitrogen and oxygen atoms in total. The number of nitrogens with zero attached hydrogens (tertiary/aromatic N) is 2. The van der Waals surface area contributed by atoms with Gasteiger partial charge >= 0.3 is 0 Å². The van der Waals surface area contributed by atoms with Crippen LogP contribution in [0.3, 0.4) is 0 Å². The van der Waals surface area contributed by atoms with E-state index in [1.54, 1.807) is 24.5 Å². The molecule has 1 aromatic heterocycles. The molecule has 0 saturated heterocycles. The standard InChI is InChI=1S/C20H17N3O2/c24-20(18-9-5-11-21-14-18)23-22-13-17-8-4-10-19(12-17)25-15-16-6-2-1-3-7-16/h1-14H,15H2,(H,23,24)/b22-13-. The Labute approximate surface area is 146 Å². The Balaban J connectivity index is 1.57. The van der Waals surface area contributed by atoms with Crippen LogP contribution in [0.25, 0.3) is 0 Å². The van der Waals surface area contributed by atoms with Crippen molar-refractivity contribution in [2.75, 3.05) is 0 Å². The van der Waals surface area contributed by atoms with Gasteiger partial charge in [0, 0.05) is 12.4 Å². The van der Waals surface area contributed by atoms with E-state index in [0.717, 1.165) is 16.9 Å². The molecular weight excluding hydrogens is 314 g/mol. The minimum Gasteiger partial charge on any atom is -0.489 e. The number of benzene rings is 2. The average Bonchev–Trinajstić information content (AvgIpc) is 2.68. The van der Waals surface area contributed by atoms with Crippen molar-refractivity contribution >= 4 is 12.1 Å². The number of hydrogen-bond acceptors (Lipinski definition) is 4. The van der Waals surface area contributed by atoms with Gasteiger partial charge in [-0.3, -0.25) is 9.78 Å². The molecular formula is C20H17N3O2. The summed E-state index contributed by atoms with van der Waals surface area (Å²) < 4.78 is 5.77. The molecule has 1 amide bonds. The molecule has 25 heavy (non-hydrogen) atoms. The summed E-state index contributed by atoms with van der Waals surface area (Å²) in [5.41, 5.74) is 4.87.